The van der Waals surface area contributed by atoms with Gasteiger partial charge in [0.15, 0.2) is 5.82 Å². The Labute approximate surface area is 131 Å². The average molecular weight is 310 g/mol. The number of hydrogen-bond donors (Lipinski definition) is 2. The molecule has 0 aliphatic rings. The summed E-state index contributed by atoms with van der Waals surface area (Å²) in [4.78, 5) is 25.8. The van der Waals surface area contributed by atoms with Gasteiger partial charge in [-0.1, -0.05) is 18.5 Å². The smallest absolute Gasteiger partial charge is 0.318 e. The van der Waals surface area contributed by atoms with Crippen LogP contribution in [0.4, 0.5) is 10.6 Å². The number of carbonyl (C=O) groups is 2. The zero-order valence-corrected chi connectivity index (χ0v) is 14.0. The summed E-state index contributed by atoms with van der Waals surface area (Å²) < 4.78 is 4.89. The zero-order chi connectivity index (χ0) is 16.8. The van der Waals surface area contributed by atoms with Crippen molar-refractivity contribution in [3.8, 4) is 0 Å². The largest absolute Gasteiger partial charge is 0.360 e. The quantitative estimate of drug-likeness (QED) is 0.845. The van der Waals surface area contributed by atoms with Gasteiger partial charge in [0, 0.05) is 18.2 Å². The van der Waals surface area contributed by atoms with Gasteiger partial charge in [0.1, 0.15) is 12.3 Å². The van der Waals surface area contributed by atoms with Crippen molar-refractivity contribution in [2.45, 2.75) is 53.0 Å². The number of hydrogen-bond acceptors (Lipinski definition) is 4. The van der Waals surface area contributed by atoms with Gasteiger partial charge >= 0.3 is 6.03 Å². The van der Waals surface area contributed by atoms with Crippen LogP contribution in [0.2, 0.25) is 0 Å². The summed E-state index contributed by atoms with van der Waals surface area (Å²) in [7, 11) is 0. The minimum absolute atomic E-state index is 0.0200. The first-order valence-corrected chi connectivity index (χ1v) is 7.51. The topological polar surface area (TPSA) is 87.5 Å². The molecule has 0 saturated heterocycles. The van der Waals surface area contributed by atoms with Gasteiger partial charge in [0.2, 0.25) is 5.91 Å². The van der Waals surface area contributed by atoms with E-state index in [4.69, 9.17) is 4.52 Å². The van der Waals surface area contributed by atoms with Gasteiger partial charge in [0.25, 0.3) is 0 Å². The Morgan fingerprint density at radius 2 is 2.05 bits per heavy atom. The van der Waals surface area contributed by atoms with Crippen LogP contribution in [0.25, 0.3) is 0 Å². The summed E-state index contributed by atoms with van der Waals surface area (Å²) in [5.41, 5.74) is -0.346. The Morgan fingerprint density at radius 1 is 1.36 bits per heavy atom. The maximum atomic E-state index is 12.3. The number of nitrogens with zero attached hydrogens (tertiary/aromatic N) is 2. The van der Waals surface area contributed by atoms with Crippen molar-refractivity contribution in [2.24, 2.45) is 0 Å². The lowest BCUT2D eigenvalue weighted by molar-refractivity contribution is -0.116. The fourth-order valence-electron chi connectivity index (χ4n) is 1.78. The molecule has 0 bridgehead atoms. The molecule has 0 atom stereocenters. The van der Waals surface area contributed by atoms with Crippen molar-refractivity contribution in [3.05, 3.63) is 11.8 Å². The monoisotopic (exact) mass is 310 g/mol. The zero-order valence-electron chi connectivity index (χ0n) is 14.0. The van der Waals surface area contributed by atoms with Crippen LogP contribution in [0, 0.1) is 6.92 Å². The van der Waals surface area contributed by atoms with Crippen molar-refractivity contribution < 1.29 is 14.1 Å². The van der Waals surface area contributed by atoms with Crippen LogP contribution in [0.5, 0.6) is 0 Å². The second-order valence-corrected chi connectivity index (χ2v) is 6.33. The number of rotatable bonds is 6. The molecule has 1 aromatic rings. The summed E-state index contributed by atoms with van der Waals surface area (Å²) in [6.45, 7) is 10.0. The van der Waals surface area contributed by atoms with Gasteiger partial charge < -0.3 is 20.1 Å². The molecule has 0 aromatic carbocycles. The van der Waals surface area contributed by atoms with Gasteiger partial charge in [-0.15, -0.1) is 0 Å². The lowest BCUT2D eigenvalue weighted by atomic mass is 10.1. The highest BCUT2D eigenvalue weighted by molar-refractivity contribution is 5.93. The highest BCUT2D eigenvalue weighted by Crippen LogP contribution is 2.08. The summed E-state index contributed by atoms with van der Waals surface area (Å²) in [6, 6.07) is 1.39. The summed E-state index contributed by atoms with van der Waals surface area (Å²) in [5.74, 6) is 0.672. The molecule has 0 aliphatic heterocycles. The predicted octanol–water partition coefficient (Wildman–Crippen LogP) is 2.53. The molecular formula is C15H26N4O3. The van der Waals surface area contributed by atoms with Crippen molar-refractivity contribution >= 4 is 17.8 Å². The van der Waals surface area contributed by atoms with Crippen molar-refractivity contribution in [2.75, 3.05) is 18.4 Å². The van der Waals surface area contributed by atoms with E-state index in [-0.39, 0.29) is 24.0 Å². The van der Waals surface area contributed by atoms with Crippen LogP contribution < -0.4 is 10.6 Å². The highest BCUT2D eigenvalue weighted by Gasteiger charge is 2.21. The minimum Gasteiger partial charge on any atom is -0.360 e. The fourth-order valence-corrected chi connectivity index (χ4v) is 1.78. The van der Waals surface area contributed by atoms with E-state index in [9.17, 15) is 9.59 Å². The maximum absolute atomic E-state index is 12.3. The molecule has 1 heterocycles. The van der Waals surface area contributed by atoms with E-state index in [0.717, 1.165) is 12.8 Å². The molecule has 3 amide bonds. The minimum atomic E-state index is -0.346. The van der Waals surface area contributed by atoms with Gasteiger partial charge in [-0.25, -0.2) is 4.79 Å². The number of anilines is 1. The third-order valence-corrected chi connectivity index (χ3v) is 2.78. The predicted molar refractivity (Wildman–Crippen MR) is 84.6 cm³/mol. The van der Waals surface area contributed by atoms with Crippen LogP contribution >= 0.6 is 0 Å². The Bertz CT molecular complexity index is 505. The van der Waals surface area contributed by atoms with Gasteiger partial charge in [0.05, 0.1) is 0 Å². The lowest BCUT2D eigenvalue weighted by Crippen LogP contribution is -2.50. The van der Waals surface area contributed by atoms with Crippen molar-refractivity contribution in [1.29, 1.82) is 0 Å². The number of carbonyl (C=O) groups excluding carboxylic acids is 2. The number of amides is 3. The summed E-state index contributed by atoms with van der Waals surface area (Å²) in [6.07, 6.45) is 1.79. The molecular weight excluding hydrogens is 284 g/mol. The van der Waals surface area contributed by atoms with Crippen LogP contribution in [0.15, 0.2) is 10.6 Å². The molecule has 7 nitrogen and oxygen atoms in total. The van der Waals surface area contributed by atoms with E-state index in [1.54, 1.807) is 13.0 Å². The van der Waals surface area contributed by atoms with Gasteiger partial charge in [-0.05, 0) is 34.1 Å². The molecule has 0 radical (unpaired) electrons. The molecule has 2 N–H and O–H groups in total. The van der Waals surface area contributed by atoms with Crippen LogP contribution in [-0.4, -0.2) is 40.6 Å². The fraction of sp³-hybridized carbons (Fsp3) is 0.667. The Balaban J connectivity index is 2.63. The van der Waals surface area contributed by atoms with Gasteiger partial charge in [-0.2, -0.15) is 0 Å². The van der Waals surface area contributed by atoms with Gasteiger partial charge in [-0.3, -0.25) is 4.79 Å². The average Bonchev–Trinajstić information content (AvgIpc) is 2.77. The first kappa shape index (κ1) is 18.0. The molecule has 0 fully saturated rings. The molecule has 1 aromatic heterocycles. The molecule has 7 heteroatoms. The first-order chi connectivity index (χ1) is 10.2. The number of nitrogens with one attached hydrogen (secondary N) is 2. The highest BCUT2D eigenvalue weighted by atomic mass is 16.5. The molecule has 0 aliphatic carbocycles. The normalized spacial score (nSPS) is 11.1. The van der Waals surface area contributed by atoms with Crippen molar-refractivity contribution in [3.63, 3.8) is 0 Å². The summed E-state index contributed by atoms with van der Waals surface area (Å²) in [5, 5.41) is 9.20. The van der Waals surface area contributed by atoms with E-state index in [0.29, 0.717) is 18.1 Å². The summed E-state index contributed by atoms with van der Waals surface area (Å²) >= 11 is 0. The third-order valence-electron chi connectivity index (χ3n) is 2.78. The Kier molecular flexibility index (Phi) is 6.39. The SMILES string of the molecule is CCCCN(CC(=O)Nc1cc(C)on1)C(=O)NC(C)(C)C. The Morgan fingerprint density at radius 3 is 2.55 bits per heavy atom. The van der Waals surface area contributed by atoms with Crippen LogP contribution in [-0.2, 0) is 4.79 Å². The molecule has 1 rings (SSSR count). The van der Waals surface area contributed by atoms with Crippen LogP contribution in [0.3, 0.4) is 0 Å². The van der Waals surface area contributed by atoms with E-state index in [1.165, 1.54) is 4.90 Å². The standard InChI is InChI=1S/C15H26N4O3/c1-6-7-8-19(14(21)17-15(3,4)5)10-13(20)16-12-9-11(2)22-18-12/h9H,6-8,10H2,1-5H3,(H,17,21)(H,16,18,20). The van der Waals surface area contributed by atoms with Crippen molar-refractivity contribution in [1.82, 2.24) is 15.4 Å². The molecule has 0 unspecified atom stereocenters. The van der Waals surface area contributed by atoms with E-state index >= 15 is 0 Å². The molecule has 0 spiro atoms. The molecule has 22 heavy (non-hydrogen) atoms. The van der Waals surface area contributed by atoms with Crippen LogP contribution in [0.1, 0.15) is 46.3 Å². The lowest BCUT2D eigenvalue weighted by Gasteiger charge is -2.28. The van der Waals surface area contributed by atoms with E-state index in [1.807, 2.05) is 27.7 Å². The Hall–Kier alpha value is -2.05. The second-order valence-electron chi connectivity index (χ2n) is 6.33. The molecule has 124 valence electrons. The second kappa shape index (κ2) is 7.82. The first-order valence-electron chi connectivity index (χ1n) is 7.51. The van der Waals surface area contributed by atoms with E-state index in [2.05, 4.69) is 15.8 Å². The number of urea groups is 1. The maximum Gasteiger partial charge on any atom is 0.318 e. The number of aromatic nitrogens is 1. The molecule has 0 saturated carbocycles. The number of unbranched alkanes of at least 4 members (excludes halogenated alkanes) is 1. The number of aryl methyl sites for hydroxylation is 1. The van der Waals surface area contributed by atoms with E-state index < -0.39 is 0 Å². The third kappa shape index (κ3) is 6.60.